The van der Waals surface area contributed by atoms with Gasteiger partial charge in [0.2, 0.25) is 0 Å². The molecule has 0 aliphatic carbocycles. The van der Waals surface area contributed by atoms with Gasteiger partial charge < -0.3 is 16.0 Å². The monoisotopic (exact) mass is 366 g/mol. The van der Waals surface area contributed by atoms with E-state index in [1.165, 1.54) is 22.3 Å². The van der Waals surface area contributed by atoms with Gasteiger partial charge >= 0.3 is 0 Å². The molecular weight excluding hydrogens is 348 g/mol. The van der Waals surface area contributed by atoms with Gasteiger partial charge in [-0.1, -0.05) is 6.07 Å². The van der Waals surface area contributed by atoms with E-state index in [4.69, 9.17) is 5.73 Å². The van der Waals surface area contributed by atoms with E-state index in [2.05, 4.69) is 12.2 Å². The second-order valence-corrected chi connectivity index (χ2v) is 7.01. The number of halogens is 2. The van der Waals surface area contributed by atoms with Crippen molar-refractivity contribution in [2.24, 2.45) is 5.73 Å². The number of hydrogen-bond acceptors (Lipinski definition) is 3. The topological polar surface area (TPSA) is 76.6 Å². The third-order valence-corrected chi connectivity index (χ3v) is 5.54. The van der Waals surface area contributed by atoms with Crippen molar-refractivity contribution in [2.45, 2.75) is 19.9 Å². The number of likely N-dealkylation sites (N-methyl/N-ethyl adjacent to an activating group) is 1. The minimum Gasteiger partial charge on any atom is -0.365 e. The van der Waals surface area contributed by atoms with Crippen LogP contribution >= 0.6 is 11.3 Å². The van der Waals surface area contributed by atoms with Crippen molar-refractivity contribution in [1.29, 1.82) is 0 Å². The third-order valence-electron chi connectivity index (χ3n) is 4.39. The van der Waals surface area contributed by atoms with Gasteiger partial charge in [0.05, 0.1) is 23.5 Å². The van der Waals surface area contributed by atoms with Gasteiger partial charge in [-0.15, -0.1) is 11.3 Å². The molecule has 1 aromatic heterocycles. The average molecular weight is 366 g/mol. The first kappa shape index (κ1) is 17.5. The number of anilines is 1. The minimum atomic E-state index is -0.957. The zero-order chi connectivity index (χ0) is 18.1. The van der Waals surface area contributed by atoms with Crippen LogP contribution in [-0.2, 0) is 13.0 Å². The molecule has 1 aromatic carbocycles. The zero-order valence-corrected chi connectivity index (χ0v) is 14.4. The Morgan fingerprint density at radius 3 is 2.56 bits per heavy atom. The molecule has 0 saturated carbocycles. The van der Waals surface area contributed by atoms with E-state index in [-0.39, 0.29) is 10.6 Å². The summed E-state index contributed by atoms with van der Waals surface area (Å²) < 4.78 is 27.6. The molecule has 0 radical (unpaired) electrons. The number of carbonyl (C=O) groups is 2. The highest BCUT2D eigenvalue weighted by Gasteiger charge is 2.30. The van der Waals surface area contributed by atoms with Crippen molar-refractivity contribution in [3.8, 4) is 0 Å². The number of benzene rings is 1. The van der Waals surface area contributed by atoms with Gasteiger partial charge in [0.25, 0.3) is 11.8 Å². The number of nitrogens with one attached hydrogen (secondary N) is 2. The molecule has 2 heterocycles. The van der Waals surface area contributed by atoms with Gasteiger partial charge in [-0.05, 0) is 24.6 Å². The molecule has 4 N–H and O–H groups in total. The molecule has 5 nitrogen and oxygen atoms in total. The molecule has 1 aliphatic rings. The summed E-state index contributed by atoms with van der Waals surface area (Å²) in [5, 5.41) is 2.72. The van der Waals surface area contributed by atoms with Crippen molar-refractivity contribution in [1.82, 2.24) is 0 Å². The van der Waals surface area contributed by atoms with Crippen LogP contribution in [0.2, 0.25) is 0 Å². The maximum Gasteiger partial charge on any atom is 0.262 e. The largest absolute Gasteiger partial charge is 0.365 e. The summed E-state index contributed by atoms with van der Waals surface area (Å²) in [4.78, 5) is 26.5. The zero-order valence-electron chi connectivity index (χ0n) is 13.6. The Hall–Kier alpha value is -2.32. The van der Waals surface area contributed by atoms with Gasteiger partial charge in [-0.3, -0.25) is 9.59 Å². The summed E-state index contributed by atoms with van der Waals surface area (Å²) >= 11 is 1.25. The lowest BCUT2D eigenvalue weighted by molar-refractivity contribution is -0.913. The summed E-state index contributed by atoms with van der Waals surface area (Å²) in [5.41, 5.74) is 5.89. The first-order chi connectivity index (χ1) is 11.9. The van der Waals surface area contributed by atoms with Crippen molar-refractivity contribution >= 4 is 28.2 Å². The Kier molecular flexibility index (Phi) is 4.82. The fourth-order valence-corrected chi connectivity index (χ4v) is 4.39. The number of quaternary nitrogens is 1. The van der Waals surface area contributed by atoms with Crippen LogP contribution in [0, 0.1) is 11.6 Å². The molecule has 0 spiro atoms. The van der Waals surface area contributed by atoms with E-state index in [9.17, 15) is 18.4 Å². The van der Waals surface area contributed by atoms with Crippen molar-refractivity contribution in [2.75, 3.05) is 18.4 Å². The number of primary amides is 1. The Bertz CT molecular complexity index is 830. The maximum absolute atomic E-state index is 13.8. The van der Waals surface area contributed by atoms with Gasteiger partial charge in [-0.25, -0.2) is 8.78 Å². The lowest BCUT2D eigenvalue weighted by atomic mass is 10.0. The van der Waals surface area contributed by atoms with E-state index in [1.807, 2.05) is 0 Å². The highest BCUT2D eigenvalue weighted by molar-refractivity contribution is 7.17. The predicted molar refractivity (Wildman–Crippen MR) is 90.9 cm³/mol. The third kappa shape index (κ3) is 3.27. The maximum atomic E-state index is 13.8. The molecule has 0 bridgehead atoms. The van der Waals surface area contributed by atoms with Gasteiger partial charge in [-0.2, -0.15) is 0 Å². The molecule has 3 rings (SSSR count). The average Bonchev–Trinajstić information content (AvgIpc) is 2.91. The molecule has 0 saturated heterocycles. The summed E-state index contributed by atoms with van der Waals surface area (Å²) in [7, 11) is 0. The van der Waals surface area contributed by atoms with Gasteiger partial charge in [0.1, 0.15) is 28.7 Å². The second kappa shape index (κ2) is 6.89. The van der Waals surface area contributed by atoms with Crippen LogP contribution in [0.3, 0.4) is 0 Å². The Morgan fingerprint density at radius 2 is 1.96 bits per heavy atom. The SMILES string of the molecule is CC[NH+]1CCc2c(sc(NC(=O)c3c(F)cccc3F)c2C(N)=O)C1. The summed E-state index contributed by atoms with van der Waals surface area (Å²) in [6, 6.07) is 3.20. The number of carbonyl (C=O) groups excluding carboxylic acids is 2. The van der Waals surface area contributed by atoms with Crippen LogP contribution in [0.5, 0.6) is 0 Å². The van der Waals surface area contributed by atoms with Crippen LogP contribution in [0.4, 0.5) is 13.8 Å². The molecule has 132 valence electrons. The predicted octanol–water partition coefficient (Wildman–Crippen LogP) is 1.34. The number of fused-ring (bicyclic) bond motifs is 1. The number of rotatable bonds is 4. The van der Waals surface area contributed by atoms with Crippen molar-refractivity contribution < 1.29 is 23.3 Å². The van der Waals surface area contributed by atoms with Crippen LogP contribution in [0.25, 0.3) is 0 Å². The second-order valence-electron chi connectivity index (χ2n) is 5.90. The fraction of sp³-hybridized carbons (Fsp3) is 0.294. The first-order valence-corrected chi connectivity index (χ1v) is 8.77. The van der Waals surface area contributed by atoms with E-state index < -0.39 is 29.0 Å². The Balaban J connectivity index is 1.96. The van der Waals surface area contributed by atoms with E-state index in [1.54, 1.807) is 0 Å². The normalized spacial score (nSPS) is 16.4. The Morgan fingerprint density at radius 1 is 1.28 bits per heavy atom. The van der Waals surface area contributed by atoms with Crippen molar-refractivity contribution in [3.05, 3.63) is 51.4 Å². The van der Waals surface area contributed by atoms with E-state index in [0.717, 1.165) is 42.2 Å². The molecule has 1 aliphatic heterocycles. The van der Waals surface area contributed by atoms with Gasteiger partial charge in [0, 0.05) is 6.42 Å². The van der Waals surface area contributed by atoms with E-state index >= 15 is 0 Å². The lowest BCUT2D eigenvalue weighted by Crippen LogP contribution is -3.11. The number of hydrogen-bond donors (Lipinski definition) is 3. The number of nitrogens with two attached hydrogens (primary N) is 1. The molecular formula is C17H18F2N3O2S+. The molecule has 2 amide bonds. The molecule has 2 aromatic rings. The highest BCUT2D eigenvalue weighted by atomic mass is 32.1. The van der Waals surface area contributed by atoms with Gasteiger partial charge in [0.15, 0.2) is 0 Å². The van der Waals surface area contributed by atoms with Crippen molar-refractivity contribution in [3.63, 3.8) is 0 Å². The van der Waals surface area contributed by atoms with E-state index in [0.29, 0.717) is 6.42 Å². The molecule has 0 fully saturated rings. The molecule has 25 heavy (non-hydrogen) atoms. The first-order valence-electron chi connectivity index (χ1n) is 7.95. The smallest absolute Gasteiger partial charge is 0.262 e. The quantitative estimate of drug-likeness (QED) is 0.764. The standard InChI is InChI=1S/C17H17F2N3O2S/c1-2-22-7-6-9-12(8-22)25-17(13(9)15(20)23)21-16(24)14-10(18)4-3-5-11(14)19/h3-5H,2,6-8H2,1H3,(H2,20,23)(H,21,24)/p+1. The number of thiophene rings is 1. The summed E-state index contributed by atoms with van der Waals surface area (Å²) in [6.07, 6.45) is 0.678. The lowest BCUT2D eigenvalue weighted by Gasteiger charge is -2.22. The summed E-state index contributed by atoms with van der Waals surface area (Å²) in [5.74, 6) is -3.50. The molecule has 1 atom stereocenters. The molecule has 8 heteroatoms. The highest BCUT2D eigenvalue weighted by Crippen LogP contribution is 2.35. The fourth-order valence-electron chi connectivity index (χ4n) is 3.07. The molecule has 1 unspecified atom stereocenters. The van der Waals surface area contributed by atoms with Crippen LogP contribution in [0.1, 0.15) is 38.1 Å². The Labute approximate surface area is 147 Å². The van der Waals surface area contributed by atoms with Crippen LogP contribution in [0.15, 0.2) is 18.2 Å². The number of amides is 2. The summed E-state index contributed by atoms with van der Waals surface area (Å²) in [6.45, 7) is 4.63. The van der Waals surface area contributed by atoms with Crippen LogP contribution in [-0.4, -0.2) is 24.9 Å². The van der Waals surface area contributed by atoms with Crippen LogP contribution < -0.4 is 16.0 Å². The minimum absolute atomic E-state index is 0.250.